The summed E-state index contributed by atoms with van der Waals surface area (Å²) in [5, 5.41) is 0. The van der Waals surface area contributed by atoms with Crippen LogP contribution in [0, 0.1) is 5.92 Å². The number of carbonyl (C=O) groups is 2. The van der Waals surface area contributed by atoms with E-state index in [2.05, 4.69) is 10.9 Å². The second-order valence-electron chi connectivity index (χ2n) is 6.90. The summed E-state index contributed by atoms with van der Waals surface area (Å²) in [5.41, 5.74) is 4.95. The number of sulfonamides is 1. The van der Waals surface area contributed by atoms with Crippen molar-refractivity contribution in [3.63, 3.8) is 0 Å². The smallest absolute Gasteiger partial charge is 0.269 e. The predicted molar refractivity (Wildman–Crippen MR) is 98.2 cm³/mol. The Morgan fingerprint density at radius 2 is 1.81 bits per heavy atom. The number of ether oxygens (including phenoxy) is 1. The first-order valence-corrected chi connectivity index (χ1v) is 10.7. The zero-order valence-corrected chi connectivity index (χ0v) is 16.0. The summed E-state index contributed by atoms with van der Waals surface area (Å²) in [5.74, 6) is -0.398. The molecule has 2 aliphatic rings. The van der Waals surface area contributed by atoms with Gasteiger partial charge in [-0.15, -0.1) is 0 Å². The fraction of sp³-hybridized carbons (Fsp3) is 0.556. The average molecular weight is 395 g/mol. The van der Waals surface area contributed by atoms with Gasteiger partial charge in [-0.2, -0.15) is 4.31 Å². The van der Waals surface area contributed by atoms with Crippen LogP contribution in [0.3, 0.4) is 0 Å². The van der Waals surface area contributed by atoms with Crippen molar-refractivity contribution in [1.29, 1.82) is 0 Å². The normalized spacial score (nSPS) is 19.0. The minimum Gasteiger partial charge on any atom is -0.379 e. The lowest BCUT2D eigenvalue weighted by Crippen LogP contribution is -2.42. The largest absolute Gasteiger partial charge is 0.379 e. The van der Waals surface area contributed by atoms with E-state index in [0.29, 0.717) is 25.6 Å². The molecule has 0 aromatic heterocycles. The molecule has 27 heavy (non-hydrogen) atoms. The van der Waals surface area contributed by atoms with E-state index in [-0.39, 0.29) is 29.5 Å². The highest BCUT2D eigenvalue weighted by Crippen LogP contribution is 2.27. The maximum Gasteiger partial charge on any atom is 0.269 e. The van der Waals surface area contributed by atoms with E-state index in [1.54, 1.807) is 0 Å². The van der Waals surface area contributed by atoms with Gasteiger partial charge in [0.05, 0.1) is 18.1 Å². The fourth-order valence-corrected chi connectivity index (χ4v) is 4.91. The van der Waals surface area contributed by atoms with Gasteiger partial charge in [0.1, 0.15) is 0 Å². The Labute approximate surface area is 159 Å². The molecule has 148 valence electrons. The van der Waals surface area contributed by atoms with Crippen LogP contribution in [0.4, 0.5) is 0 Å². The molecule has 0 bridgehead atoms. The summed E-state index contributed by atoms with van der Waals surface area (Å²) in [4.78, 5) is 24.3. The van der Waals surface area contributed by atoms with Crippen molar-refractivity contribution < 1.29 is 22.7 Å². The van der Waals surface area contributed by atoms with E-state index < -0.39 is 15.9 Å². The molecular formula is C18H25N3O5S. The quantitative estimate of drug-likeness (QED) is 0.725. The minimum absolute atomic E-state index is 0.0503. The summed E-state index contributed by atoms with van der Waals surface area (Å²) in [6.07, 6.45) is 4.78. The zero-order chi connectivity index (χ0) is 19.3. The summed E-state index contributed by atoms with van der Waals surface area (Å²) >= 11 is 0. The molecule has 9 heteroatoms. The first kappa shape index (κ1) is 19.8. The lowest BCUT2D eigenvalue weighted by molar-refractivity contribution is -0.122. The Morgan fingerprint density at radius 1 is 1.11 bits per heavy atom. The van der Waals surface area contributed by atoms with Gasteiger partial charge < -0.3 is 4.74 Å². The van der Waals surface area contributed by atoms with Gasteiger partial charge in [-0.1, -0.05) is 18.9 Å². The number of carbonyl (C=O) groups excluding carboxylic acids is 2. The molecule has 0 atom stereocenters. The van der Waals surface area contributed by atoms with Crippen molar-refractivity contribution in [1.82, 2.24) is 15.2 Å². The van der Waals surface area contributed by atoms with Gasteiger partial charge in [-0.25, -0.2) is 8.42 Å². The zero-order valence-electron chi connectivity index (χ0n) is 15.1. The van der Waals surface area contributed by atoms with Crippen LogP contribution >= 0.6 is 0 Å². The number of hydrogen-bond acceptors (Lipinski definition) is 5. The van der Waals surface area contributed by atoms with Crippen molar-refractivity contribution in [2.45, 2.75) is 37.0 Å². The van der Waals surface area contributed by atoms with E-state index in [0.717, 1.165) is 25.7 Å². The highest BCUT2D eigenvalue weighted by Gasteiger charge is 2.27. The van der Waals surface area contributed by atoms with Crippen molar-refractivity contribution in [3.8, 4) is 0 Å². The Balaban J connectivity index is 1.60. The molecule has 3 rings (SSSR count). The van der Waals surface area contributed by atoms with Gasteiger partial charge in [0.2, 0.25) is 15.9 Å². The third kappa shape index (κ3) is 5.06. The van der Waals surface area contributed by atoms with Crippen LogP contribution in [0.1, 0.15) is 42.5 Å². The summed E-state index contributed by atoms with van der Waals surface area (Å²) < 4.78 is 31.9. The van der Waals surface area contributed by atoms with E-state index in [4.69, 9.17) is 4.74 Å². The highest BCUT2D eigenvalue weighted by atomic mass is 32.2. The topological polar surface area (TPSA) is 105 Å². The molecule has 1 saturated carbocycles. The molecule has 8 nitrogen and oxygen atoms in total. The number of morpholine rings is 1. The molecule has 0 radical (unpaired) electrons. The second-order valence-corrected chi connectivity index (χ2v) is 8.84. The minimum atomic E-state index is -3.68. The molecule has 2 N–H and O–H groups in total. The number of nitrogens with zero attached hydrogens (tertiary/aromatic N) is 1. The first-order chi connectivity index (χ1) is 13.0. The van der Waals surface area contributed by atoms with Crippen LogP contribution in [0.5, 0.6) is 0 Å². The number of benzene rings is 1. The molecule has 1 aliphatic carbocycles. The monoisotopic (exact) mass is 395 g/mol. The second kappa shape index (κ2) is 8.81. The fourth-order valence-electron chi connectivity index (χ4n) is 3.46. The molecule has 1 aromatic rings. The molecule has 0 unspecified atom stereocenters. The maximum absolute atomic E-state index is 12.7. The third-order valence-electron chi connectivity index (χ3n) is 4.97. The van der Waals surface area contributed by atoms with E-state index in [9.17, 15) is 18.0 Å². The van der Waals surface area contributed by atoms with Gasteiger partial charge in [-0.3, -0.25) is 20.4 Å². The van der Waals surface area contributed by atoms with Crippen LogP contribution in [0.15, 0.2) is 29.2 Å². The molecule has 2 amide bonds. The molecule has 0 spiro atoms. The molecule has 1 saturated heterocycles. The van der Waals surface area contributed by atoms with Crippen LogP contribution in [-0.4, -0.2) is 50.8 Å². The van der Waals surface area contributed by atoms with Gasteiger partial charge in [-0.05, 0) is 37.0 Å². The highest BCUT2D eigenvalue weighted by molar-refractivity contribution is 7.89. The van der Waals surface area contributed by atoms with E-state index >= 15 is 0 Å². The molecule has 2 fully saturated rings. The Kier molecular flexibility index (Phi) is 6.46. The molecule has 1 aromatic carbocycles. The maximum atomic E-state index is 12.7. The standard InChI is InChI=1S/C18H25N3O5S/c22-17(12-14-4-1-2-5-14)19-20-18(23)15-6-3-7-16(13-15)27(24,25)21-8-10-26-11-9-21/h3,6-7,13-14H,1-2,4-5,8-12H2,(H,19,22)(H,20,23). The number of nitrogens with one attached hydrogen (secondary N) is 2. The Morgan fingerprint density at radius 3 is 2.52 bits per heavy atom. The summed E-state index contributed by atoms with van der Waals surface area (Å²) in [7, 11) is -3.68. The Bertz CT molecular complexity index is 784. The SMILES string of the molecule is O=C(CC1CCCC1)NNC(=O)c1cccc(S(=O)(=O)N2CCOCC2)c1. The van der Waals surface area contributed by atoms with Crippen LogP contribution in [-0.2, 0) is 19.6 Å². The summed E-state index contributed by atoms with van der Waals surface area (Å²) in [6, 6.07) is 5.81. The van der Waals surface area contributed by atoms with Gasteiger partial charge in [0, 0.05) is 25.1 Å². The van der Waals surface area contributed by atoms with E-state index in [1.807, 2.05) is 0 Å². The van der Waals surface area contributed by atoms with Crippen molar-refractivity contribution in [3.05, 3.63) is 29.8 Å². The average Bonchev–Trinajstić information content (AvgIpc) is 3.20. The number of hydrogen-bond donors (Lipinski definition) is 2. The van der Waals surface area contributed by atoms with Crippen molar-refractivity contribution >= 4 is 21.8 Å². The van der Waals surface area contributed by atoms with Gasteiger partial charge in [0.15, 0.2) is 0 Å². The van der Waals surface area contributed by atoms with Crippen molar-refractivity contribution in [2.75, 3.05) is 26.3 Å². The first-order valence-electron chi connectivity index (χ1n) is 9.24. The number of rotatable bonds is 5. The lowest BCUT2D eigenvalue weighted by atomic mass is 10.0. The van der Waals surface area contributed by atoms with Crippen LogP contribution < -0.4 is 10.9 Å². The molecule has 1 heterocycles. The molecule has 1 aliphatic heterocycles. The Hall–Kier alpha value is -1.97. The third-order valence-corrected chi connectivity index (χ3v) is 6.86. The van der Waals surface area contributed by atoms with Crippen LogP contribution in [0.25, 0.3) is 0 Å². The van der Waals surface area contributed by atoms with Gasteiger partial charge >= 0.3 is 0 Å². The van der Waals surface area contributed by atoms with E-state index in [1.165, 1.54) is 28.6 Å². The molecular weight excluding hydrogens is 370 g/mol. The summed E-state index contributed by atoms with van der Waals surface area (Å²) in [6.45, 7) is 1.28. The lowest BCUT2D eigenvalue weighted by Gasteiger charge is -2.26. The number of amides is 2. The number of hydrazine groups is 1. The van der Waals surface area contributed by atoms with Gasteiger partial charge in [0.25, 0.3) is 5.91 Å². The van der Waals surface area contributed by atoms with Crippen molar-refractivity contribution in [2.24, 2.45) is 5.92 Å². The predicted octanol–water partition coefficient (Wildman–Crippen LogP) is 1.05. The van der Waals surface area contributed by atoms with Crippen LogP contribution in [0.2, 0.25) is 0 Å².